The molecular weight excluding hydrogens is 266 g/mol. The summed E-state index contributed by atoms with van der Waals surface area (Å²) in [5.41, 5.74) is 7.38. The van der Waals surface area contributed by atoms with E-state index >= 15 is 0 Å². The van der Waals surface area contributed by atoms with Crippen molar-refractivity contribution in [3.05, 3.63) is 11.3 Å². The van der Waals surface area contributed by atoms with Crippen LogP contribution in [0.3, 0.4) is 0 Å². The highest BCUT2D eigenvalue weighted by molar-refractivity contribution is 5.82. The third-order valence-electron chi connectivity index (χ3n) is 4.41. The Kier molecular flexibility index (Phi) is 4.56. The quantitative estimate of drug-likeness (QED) is 0.765. The Morgan fingerprint density at radius 2 is 2.24 bits per heavy atom. The molecule has 0 aliphatic carbocycles. The highest BCUT2D eigenvalue weighted by atomic mass is 16.1. The van der Waals surface area contributed by atoms with Crippen LogP contribution in [0.2, 0.25) is 0 Å². The number of primary amides is 1. The highest BCUT2D eigenvalue weighted by Gasteiger charge is 2.40. The second-order valence-corrected chi connectivity index (χ2v) is 6.28. The highest BCUT2D eigenvalue weighted by Crippen LogP contribution is 2.35. The number of aromatic nitrogens is 2. The Hall–Kier alpha value is -1.56. The SMILES string of the molecule is CCCNCc1c(C)nn(C)c1N1CCC(C)(C(N)=O)C1. The van der Waals surface area contributed by atoms with Crippen LogP contribution in [-0.4, -0.2) is 35.3 Å². The fraction of sp³-hybridized carbons (Fsp3) is 0.733. The molecule has 1 unspecified atom stereocenters. The van der Waals surface area contributed by atoms with Gasteiger partial charge in [-0.2, -0.15) is 5.10 Å². The predicted octanol–water partition coefficient (Wildman–Crippen LogP) is 0.930. The van der Waals surface area contributed by atoms with Crippen LogP contribution in [0.4, 0.5) is 5.82 Å². The summed E-state index contributed by atoms with van der Waals surface area (Å²) < 4.78 is 1.92. The summed E-state index contributed by atoms with van der Waals surface area (Å²) in [5, 5.41) is 7.99. The van der Waals surface area contributed by atoms with Crippen molar-refractivity contribution in [2.24, 2.45) is 18.2 Å². The van der Waals surface area contributed by atoms with E-state index in [0.29, 0.717) is 6.54 Å². The van der Waals surface area contributed by atoms with Crippen LogP contribution >= 0.6 is 0 Å². The Labute approximate surface area is 126 Å². The first-order valence-electron chi connectivity index (χ1n) is 7.67. The average Bonchev–Trinajstić information content (AvgIpc) is 2.92. The molecule has 1 aliphatic rings. The molecule has 1 aromatic heterocycles. The lowest BCUT2D eigenvalue weighted by Crippen LogP contribution is -2.37. The Balaban J connectivity index is 2.22. The Bertz CT molecular complexity index is 524. The normalized spacial score (nSPS) is 22.0. The fourth-order valence-corrected chi connectivity index (χ4v) is 3.03. The third-order valence-corrected chi connectivity index (χ3v) is 4.41. The third kappa shape index (κ3) is 3.05. The molecule has 1 saturated heterocycles. The van der Waals surface area contributed by atoms with Crippen LogP contribution in [0, 0.1) is 12.3 Å². The van der Waals surface area contributed by atoms with Crippen molar-refractivity contribution in [2.45, 2.75) is 40.2 Å². The van der Waals surface area contributed by atoms with Crippen LogP contribution in [0.15, 0.2) is 0 Å². The minimum atomic E-state index is -0.438. The maximum atomic E-state index is 11.6. The van der Waals surface area contributed by atoms with Gasteiger partial charge in [-0.1, -0.05) is 6.92 Å². The van der Waals surface area contributed by atoms with Gasteiger partial charge in [-0.15, -0.1) is 0 Å². The summed E-state index contributed by atoms with van der Waals surface area (Å²) in [4.78, 5) is 13.9. The molecule has 0 radical (unpaired) electrons. The number of rotatable bonds is 6. The Morgan fingerprint density at radius 1 is 1.52 bits per heavy atom. The average molecular weight is 293 g/mol. The number of nitrogens with one attached hydrogen (secondary N) is 1. The van der Waals surface area contributed by atoms with Crippen molar-refractivity contribution in [3.8, 4) is 0 Å². The van der Waals surface area contributed by atoms with E-state index in [1.807, 2.05) is 25.6 Å². The molecule has 0 spiro atoms. The van der Waals surface area contributed by atoms with Gasteiger partial charge in [0.15, 0.2) is 0 Å². The molecule has 2 rings (SSSR count). The van der Waals surface area contributed by atoms with Crippen molar-refractivity contribution in [3.63, 3.8) is 0 Å². The van der Waals surface area contributed by atoms with E-state index in [-0.39, 0.29) is 5.91 Å². The number of nitrogens with zero attached hydrogens (tertiary/aromatic N) is 3. The minimum Gasteiger partial charge on any atom is -0.369 e. The zero-order valence-electron chi connectivity index (χ0n) is 13.6. The molecule has 6 heteroatoms. The van der Waals surface area contributed by atoms with Crippen molar-refractivity contribution in [1.29, 1.82) is 0 Å². The van der Waals surface area contributed by atoms with Gasteiger partial charge >= 0.3 is 0 Å². The van der Waals surface area contributed by atoms with E-state index in [4.69, 9.17) is 5.73 Å². The molecule has 0 bridgehead atoms. The van der Waals surface area contributed by atoms with Crippen LogP contribution in [0.5, 0.6) is 0 Å². The first-order chi connectivity index (χ1) is 9.89. The maximum absolute atomic E-state index is 11.6. The summed E-state index contributed by atoms with van der Waals surface area (Å²) in [7, 11) is 1.96. The van der Waals surface area contributed by atoms with E-state index in [9.17, 15) is 4.79 Å². The number of amides is 1. The van der Waals surface area contributed by atoms with Crippen molar-refractivity contribution in [1.82, 2.24) is 15.1 Å². The van der Waals surface area contributed by atoms with Gasteiger partial charge in [0.1, 0.15) is 5.82 Å². The maximum Gasteiger partial charge on any atom is 0.225 e. The lowest BCUT2D eigenvalue weighted by atomic mass is 9.89. The molecule has 3 N–H and O–H groups in total. The van der Waals surface area contributed by atoms with Crippen LogP contribution in [0.1, 0.15) is 37.9 Å². The second-order valence-electron chi connectivity index (χ2n) is 6.28. The van der Waals surface area contributed by atoms with Crippen molar-refractivity contribution >= 4 is 11.7 Å². The summed E-state index contributed by atoms with van der Waals surface area (Å²) in [6, 6.07) is 0. The zero-order valence-corrected chi connectivity index (χ0v) is 13.6. The van der Waals surface area contributed by atoms with Gasteiger partial charge in [0, 0.05) is 32.2 Å². The first kappa shape index (κ1) is 15.8. The number of hydrogen-bond acceptors (Lipinski definition) is 4. The smallest absolute Gasteiger partial charge is 0.225 e. The zero-order chi connectivity index (χ0) is 15.6. The van der Waals surface area contributed by atoms with Gasteiger partial charge in [-0.3, -0.25) is 9.48 Å². The fourth-order valence-electron chi connectivity index (χ4n) is 3.03. The summed E-state index contributed by atoms with van der Waals surface area (Å²) >= 11 is 0. The topological polar surface area (TPSA) is 76.2 Å². The Morgan fingerprint density at radius 3 is 2.81 bits per heavy atom. The molecule has 1 amide bonds. The van der Waals surface area contributed by atoms with E-state index in [1.165, 1.54) is 5.56 Å². The monoisotopic (exact) mass is 293 g/mol. The van der Waals surface area contributed by atoms with Gasteiger partial charge in [0.05, 0.1) is 11.1 Å². The number of carbonyl (C=O) groups excluding carboxylic acids is 1. The molecule has 21 heavy (non-hydrogen) atoms. The first-order valence-corrected chi connectivity index (χ1v) is 7.67. The van der Waals surface area contributed by atoms with Gasteiger partial charge in [0.25, 0.3) is 0 Å². The predicted molar refractivity (Wildman–Crippen MR) is 84.1 cm³/mol. The van der Waals surface area contributed by atoms with Crippen LogP contribution < -0.4 is 16.0 Å². The molecule has 6 nitrogen and oxygen atoms in total. The summed E-state index contributed by atoms with van der Waals surface area (Å²) in [6.45, 7) is 9.47. The molecule has 0 saturated carbocycles. The number of aryl methyl sites for hydroxylation is 2. The van der Waals surface area contributed by atoms with Gasteiger partial charge in [-0.25, -0.2) is 0 Å². The molecule has 1 atom stereocenters. The molecule has 1 fully saturated rings. The number of hydrogen-bond donors (Lipinski definition) is 2. The number of nitrogens with two attached hydrogens (primary N) is 1. The number of carbonyl (C=O) groups is 1. The van der Waals surface area contributed by atoms with Crippen molar-refractivity contribution < 1.29 is 4.79 Å². The molecule has 1 aromatic rings. The van der Waals surface area contributed by atoms with Crippen LogP contribution in [-0.2, 0) is 18.4 Å². The largest absolute Gasteiger partial charge is 0.369 e. The van der Waals surface area contributed by atoms with Gasteiger partial charge in [-0.05, 0) is 33.2 Å². The minimum absolute atomic E-state index is 0.213. The molecule has 118 valence electrons. The molecule has 2 heterocycles. The van der Waals surface area contributed by atoms with Crippen LogP contribution in [0.25, 0.3) is 0 Å². The van der Waals surface area contributed by atoms with Crippen molar-refractivity contribution in [2.75, 3.05) is 24.5 Å². The second kappa shape index (κ2) is 6.05. The number of anilines is 1. The summed E-state index contributed by atoms with van der Waals surface area (Å²) in [5.74, 6) is 0.899. The lowest BCUT2D eigenvalue weighted by molar-refractivity contribution is -0.125. The van der Waals surface area contributed by atoms with E-state index in [1.54, 1.807) is 0 Å². The molecule has 0 aromatic carbocycles. The van der Waals surface area contributed by atoms with E-state index in [0.717, 1.165) is 44.0 Å². The van der Waals surface area contributed by atoms with Gasteiger partial charge in [0.2, 0.25) is 5.91 Å². The standard InChI is InChI=1S/C15H27N5O/c1-5-7-17-9-12-11(2)18-19(4)13(12)20-8-6-15(3,10-20)14(16)21/h17H,5-10H2,1-4H3,(H2,16,21). The lowest BCUT2D eigenvalue weighted by Gasteiger charge is -2.23. The van der Waals surface area contributed by atoms with E-state index in [2.05, 4.69) is 22.2 Å². The summed E-state index contributed by atoms with van der Waals surface area (Å²) in [6.07, 6.45) is 1.91. The van der Waals surface area contributed by atoms with Gasteiger partial charge < -0.3 is 16.0 Å². The molecule has 1 aliphatic heterocycles. The van der Waals surface area contributed by atoms with E-state index < -0.39 is 5.41 Å². The molecular formula is C15H27N5O.